The van der Waals surface area contributed by atoms with E-state index in [1.807, 2.05) is 45.0 Å². The molecule has 0 aliphatic heterocycles. The zero-order valence-corrected chi connectivity index (χ0v) is 12.6. The summed E-state index contributed by atoms with van der Waals surface area (Å²) in [6.07, 6.45) is 3.05. The van der Waals surface area contributed by atoms with Crippen molar-refractivity contribution in [3.8, 4) is 0 Å². The van der Waals surface area contributed by atoms with Gasteiger partial charge >= 0.3 is 0 Å². The number of aromatic nitrogens is 2. The van der Waals surface area contributed by atoms with Crippen molar-refractivity contribution >= 4 is 11.7 Å². The summed E-state index contributed by atoms with van der Waals surface area (Å²) < 4.78 is 0. The van der Waals surface area contributed by atoms with E-state index in [0.29, 0.717) is 18.1 Å². The number of carbonyl (C=O) groups is 1. The van der Waals surface area contributed by atoms with Crippen LogP contribution in [0.15, 0.2) is 36.7 Å². The van der Waals surface area contributed by atoms with Crippen LogP contribution in [0.1, 0.15) is 35.5 Å². The van der Waals surface area contributed by atoms with Gasteiger partial charge in [0.1, 0.15) is 11.5 Å². The summed E-state index contributed by atoms with van der Waals surface area (Å²) in [6.45, 7) is 6.55. The number of aryl methyl sites for hydroxylation is 1. The van der Waals surface area contributed by atoms with Crippen molar-refractivity contribution in [1.82, 2.24) is 15.3 Å². The molecule has 2 rings (SSSR count). The van der Waals surface area contributed by atoms with Gasteiger partial charge in [0.05, 0.1) is 12.4 Å². The lowest BCUT2D eigenvalue weighted by Gasteiger charge is -2.09. The van der Waals surface area contributed by atoms with Crippen LogP contribution in [0.5, 0.6) is 0 Å². The number of amides is 1. The quantitative estimate of drug-likeness (QED) is 0.885. The van der Waals surface area contributed by atoms with Crippen LogP contribution in [-0.4, -0.2) is 21.9 Å². The molecule has 0 radical (unpaired) electrons. The van der Waals surface area contributed by atoms with E-state index in [1.54, 1.807) is 6.20 Å². The second-order valence-corrected chi connectivity index (χ2v) is 5.25. The van der Waals surface area contributed by atoms with Crippen molar-refractivity contribution in [2.24, 2.45) is 0 Å². The zero-order valence-electron chi connectivity index (χ0n) is 12.6. The molecule has 1 aromatic carbocycles. The Hall–Kier alpha value is -2.43. The minimum absolute atomic E-state index is 0.223. The van der Waals surface area contributed by atoms with Gasteiger partial charge in [-0.15, -0.1) is 0 Å². The smallest absolute Gasteiger partial charge is 0.271 e. The number of nitrogens with one attached hydrogen (secondary N) is 2. The summed E-state index contributed by atoms with van der Waals surface area (Å²) in [5.74, 6) is 0.444. The number of hydrogen-bond donors (Lipinski definition) is 2. The Bertz CT molecular complexity index is 591. The van der Waals surface area contributed by atoms with Crippen molar-refractivity contribution in [1.29, 1.82) is 0 Å². The second kappa shape index (κ2) is 6.83. The largest absolute Gasteiger partial charge is 0.367 e. The first-order chi connectivity index (χ1) is 10.0. The first-order valence-electron chi connectivity index (χ1n) is 6.97. The normalized spacial score (nSPS) is 10.5. The molecule has 5 heteroatoms. The number of anilines is 1. The van der Waals surface area contributed by atoms with Gasteiger partial charge in [-0.05, 0) is 26.3 Å². The number of rotatable bonds is 5. The highest BCUT2D eigenvalue weighted by molar-refractivity contribution is 5.91. The van der Waals surface area contributed by atoms with Crippen molar-refractivity contribution in [2.45, 2.75) is 33.4 Å². The molecule has 0 unspecified atom stereocenters. The standard InChI is InChI=1S/C16H20N4O/c1-11(2)20-15-10-17-14(9-18-15)16(21)19-8-13-6-4-12(3)5-7-13/h4-7,9-11H,8H2,1-3H3,(H,18,20)(H,19,21). The van der Waals surface area contributed by atoms with Crippen molar-refractivity contribution < 1.29 is 4.79 Å². The Balaban J connectivity index is 1.92. The van der Waals surface area contributed by atoms with Gasteiger partial charge in [-0.25, -0.2) is 9.97 Å². The maximum Gasteiger partial charge on any atom is 0.271 e. The molecule has 0 aliphatic carbocycles. The third-order valence-electron chi connectivity index (χ3n) is 2.89. The van der Waals surface area contributed by atoms with Crippen LogP contribution in [0.3, 0.4) is 0 Å². The van der Waals surface area contributed by atoms with E-state index in [-0.39, 0.29) is 11.9 Å². The van der Waals surface area contributed by atoms with Crippen LogP contribution in [0.2, 0.25) is 0 Å². The summed E-state index contributed by atoms with van der Waals surface area (Å²) in [5, 5.41) is 5.96. The van der Waals surface area contributed by atoms with E-state index in [1.165, 1.54) is 11.8 Å². The summed E-state index contributed by atoms with van der Waals surface area (Å²) in [6, 6.07) is 8.32. The molecular formula is C16H20N4O. The molecule has 2 N–H and O–H groups in total. The lowest BCUT2D eigenvalue weighted by atomic mass is 10.1. The molecule has 0 bridgehead atoms. The fourth-order valence-corrected chi connectivity index (χ4v) is 1.79. The molecule has 2 aromatic rings. The molecule has 5 nitrogen and oxygen atoms in total. The first kappa shape index (κ1) is 15.0. The van der Waals surface area contributed by atoms with Gasteiger partial charge in [0.2, 0.25) is 0 Å². The average molecular weight is 284 g/mol. The van der Waals surface area contributed by atoms with Crippen LogP contribution in [-0.2, 0) is 6.54 Å². The predicted octanol–water partition coefficient (Wildman–Crippen LogP) is 2.54. The maximum atomic E-state index is 12.0. The summed E-state index contributed by atoms with van der Waals surface area (Å²) >= 11 is 0. The van der Waals surface area contributed by atoms with E-state index in [9.17, 15) is 4.79 Å². The lowest BCUT2D eigenvalue weighted by molar-refractivity contribution is 0.0945. The van der Waals surface area contributed by atoms with Gasteiger partial charge in [0.15, 0.2) is 0 Å². The fourth-order valence-electron chi connectivity index (χ4n) is 1.79. The summed E-state index contributed by atoms with van der Waals surface area (Å²) in [4.78, 5) is 20.3. The molecule has 110 valence electrons. The van der Waals surface area contributed by atoms with Gasteiger partial charge in [-0.1, -0.05) is 29.8 Å². The minimum atomic E-state index is -0.223. The summed E-state index contributed by atoms with van der Waals surface area (Å²) in [5.41, 5.74) is 2.57. The van der Waals surface area contributed by atoms with Gasteiger partial charge in [-0.2, -0.15) is 0 Å². The van der Waals surface area contributed by atoms with Gasteiger partial charge in [0, 0.05) is 12.6 Å². The highest BCUT2D eigenvalue weighted by Crippen LogP contribution is 2.05. The Kier molecular flexibility index (Phi) is 4.87. The van der Waals surface area contributed by atoms with Crippen LogP contribution in [0.4, 0.5) is 5.82 Å². The SMILES string of the molecule is Cc1ccc(CNC(=O)c2cnc(NC(C)C)cn2)cc1. The third-order valence-corrected chi connectivity index (χ3v) is 2.89. The van der Waals surface area contributed by atoms with Crippen molar-refractivity contribution in [3.05, 3.63) is 53.5 Å². The molecule has 0 saturated heterocycles. The predicted molar refractivity (Wildman–Crippen MR) is 83.1 cm³/mol. The van der Waals surface area contributed by atoms with E-state index >= 15 is 0 Å². The molecule has 1 heterocycles. The van der Waals surface area contributed by atoms with Crippen LogP contribution < -0.4 is 10.6 Å². The summed E-state index contributed by atoms with van der Waals surface area (Å²) in [7, 11) is 0. The Morgan fingerprint density at radius 3 is 2.43 bits per heavy atom. The lowest BCUT2D eigenvalue weighted by Crippen LogP contribution is -2.24. The van der Waals surface area contributed by atoms with Crippen molar-refractivity contribution in [3.63, 3.8) is 0 Å². The Morgan fingerprint density at radius 1 is 1.14 bits per heavy atom. The highest BCUT2D eigenvalue weighted by Gasteiger charge is 2.08. The maximum absolute atomic E-state index is 12.0. The molecule has 0 atom stereocenters. The van der Waals surface area contributed by atoms with Crippen molar-refractivity contribution in [2.75, 3.05) is 5.32 Å². The van der Waals surface area contributed by atoms with Crippen LogP contribution in [0, 0.1) is 6.92 Å². The molecule has 0 fully saturated rings. The molecule has 1 amide bonds. The molecule has 21 heavy (non-hydrogen) atoms. The number of benzene rings is 1. The van der Waals surface area contributed by atoms with Crippen LogP contribution in [0.25, 0.3) is 0 Å². The second-order valence-electron chi connectivity index (χ2n) is 5.25. The molecule has 0 saturated carbocycles. The Morgan fingerprint density at radius 2 is 1.86 bits per heavy atom. The molecule has 0 aliphatic rings. The van der Waals surface area contributed by atoms with Gasteiger partial charge in [-0.3, -0.25) is 4.79 Å². The Labute approximate surface area is 124 Å². The molecular weight excluding hydrogens is 264 g/mol. The van der Waals surface area contributed by atoms with E-state index in [2.05, 4.69) is 20.6 Å². The first-order valence-corrected chi connectivity index (χ1v) is 6.97. The number of nitrogens with zero attached hydrogens (tertiary/aromatic N) is 2. The topological polar surface area (TPSA) is 66.9 Å². The van der Waals surface area contributed by atoms with Crippen LogP contribution >= 0.6 is 0 Å². The van der Waals surface area contributed by atoms with Gasteiger partial charge < -0.3 is 10.6 Å². The monoisotopic (exact) mass is 284 g/mol. The zero-order chi connectivity index (χ0) is 15.2. The molecule has 1 aromatic heterocycles. The van der Waals surface area contributed by atoms with Gasteiger partial charge in [0.25, 0.3) is 5.91 Å². The third kappa shape index (κ3) is 4.56. The number of carbonyl (C=O) groups excluding carboxylic acids is 1. The number of hydrogen-bond acceptors (Lipinski definition) is 4. The highest BCUT2D eigenvalue weighted by atomic mass is 16.1. The fraction of sp³-hybridized carbons (Fsp3) is 0.312. The van der Waals surface area contributed by atoms with E-state index in [0.717, 1.165) is 5.56 Å². The average Bonchev–Trinajstić information content (AvgIpc) is 2.46. The van der Waals surface area contributed by atoms with E-state index < -0.39 is 0 Å². The minimum Gasteiger partial charge on any atom is -0.367 e. The molecule has 0 spiro atoms. The van der Waals surface area contributed by atoms with E-state index in [4.69, 9.17) is 0 Å².